The molecule has 8 heteroatoms. The van der Waals surface area contributed by atoms with E-state index in [1.165, 1.54) is 22.8 Å². The van der Waals surface area contributed by atoms with Crippen molar-refractivity contribution in [1.82, 2.24) is 9.29 Å². The molecule has 0 aromatic carbocycles. The molecule has 1 saturated heterocycles. The van der Waals surface area contributed by atoms with Gasteiger partial charge in [-0.3, -0.25) is 4.79 Å². The number of nitrogens with one attached hydrogen (secondary N) is 1. The summed E-state index contributed by atoms with van der Waals surface area (Å²) in [6.45, 7) is 0.519. The van der Waals surface area contributed by atoms with E-state index in [1.807, 2.05) is 0 Å². The predicted octanol–water partition coefficient (Wildman–Crippen LogP) is -0.121. The van der Waals surface area contributed by atoms with Gasteiger partial charge in [0.2, 0.25) is 10.0 Å². The molecule has 2 rings (SSSR count). The number of aliphatic carboxylic acids is 1. The second kappa shape index (κ2) is 5.09. The van der Waals surface area contributed by atoms with Crippen LogP contribution in [-0.4, -0.2) is 54.6 Å². The van der Waals surface area contributed by atoms with Crippen molar-refractivity contribution in [2.24, 2.45) is 0 Å². The van der Waals surface area contributed by atoms with Crippen LogP contribution in [0.3, 0.4) is 0 Å². The number of ether oxygens (including phenoxy) is 1. The van der Waals surface area contributed by atoms with Crippen LogP contribution >= 0.6 is 0 Å². The van der Waals surface area contributed by atoms with E-state index in [1.54, 1.807) is 0 Å². The van der Waals surface area contributed by atoms with Gasteiger partial charge in [-0.25, -0.2) is 8.42 Å². The molecule has 1 aromatic heterocycles. The maximum Gasteiger partial charge on any atom is 0.306 e. The molecule has 1 aromatic rings. The van der Waals surface area contributed by atoms with Gasteiger partial charge in [0, 0.05) is 25.5 Å². The number of carboxylic acid groups (broad SMARTS) is 1. The number of aromatic nitrogens is 1. The number of aromatic amines is 1. The molecule has 0 amide bonds. The smallest absolute Gasteiger partial charge is 0.306 e. The van der Waals surface area contributed by atoms with Crippen molar-refractivity contribution < 1.29 is 23.1 Å². The molecule has 1 aliphatic heterocycles. The Morgan fingerprint density at radius 3 is 3.00 bits per heavy atom. The summed E-state index contributed by atoms with van der Waals surface area (Å²) in [4.78, 5) is 13.5. The van der Waals surface area contributed by atoms with Gasteiger partial charge in [0.15, 0.2) is 0 Å². The molecule has 100 valence electrons. The van der Waals surface area contributed by atoms with Crippen LogP contribution in [0.15, 0.2) is 23.4 Å². The molecule has 0 spiro atoms. The first-order valence-corrected chi connectivity index (χ1v) is 6.90. The number of morpholine rings is 1. The van der Waals surface area contributed by atoms with E-state index in [2.05, 4.69) is 4.98 Å². The summed E-state index contributed by atoms with van der Waals surface area (Å²) >= 11 is 0. The molecule has 0 bridgehead atoms. The number of hydrogen-bond acceptors (Lipinski definition) is 4. The first-order valence-electron chi connectivity index (χ1n) is 5.46. The zero-order valence-electron chi connectivity index (χ0n) is 9.57. The van der Waals surface area contributed by atoms with E-state index >= 15 is 0 Å². The lowest BCUT2D eigenvalue weighted by molar-refractivity contribution is -0.141. The third kappa shape index (κ3) is 2.71. The molecule has 1 aliphatic rings. The fourth-order valence-electron chi connectivity index (χ4n) is 1.85. The van der Waals surface area contributed by atoms with E-state index in [9.17, 15) is 13.2 Å². The first-order chi connectivity index (χ1) is 8.50. The summed E-state index contributed by atoms with van der Waals surface area (Å²) in [6.07, 6.45) is 2.14. The number of carbonyl (C=O) groups is 1. The minimum atomic E-state index is -3.56. The van der Waals surface area contributed by atoms with Crippen LogP contribution in [0.5, 0.6) is 0 Å². The Hall–Kier alpha value is -1.38. The molecule has 2 N–H and O–H groups in total. The normalized spacial score (nSPS) is 21.9. The molecule has 7 nitrogen and oxygen atoms in total. The highest BCUT2D eigenvalue weighted by atomic mass is 32.2. The number of nitrogens with zero attached hydrogens (tertiary/aromatic N) is 1. The molecular weight excluding hydrogens is 260 g/mol. The van der Waals surface area contributed by atoms with E-state index in [0.29, 0.717) is 0 Å². The Kier molecular flexibility index (Phi) is 3.69. The average molecular weight is 274 g/mol. The lowest BCUT2D eigenvalue weighted by Crippen LogP contribution is -2.46. The van der Waals surface area contributed by atoms with E-state index < -0.39 is 22.1 Å². The summed E-state index contributed by atoms with van der Waals surface area (Å²) in [5, 5.41) is 8.69. The minimum Gasteiger partial charge on any atom is -0.481 e. The summed E-state index contributed by atoms with van der Waals surface area (Å²) in [5.74, 6) is -0.999. The second-order valence-corrected chi connectivity index (χ2v) is 5.94. The number of carboxylic acids is 1. The van der Waals surface area contributed by atoms with E-state index in [-0.39, 0.29) is 31.0 Å². The quantitative estimate of drug-likeness (QED) is 0.797. The van der Waals surface area contributed by atoms with Crippen LogP contribution in [0.25, 0.3) is 0 Å². The van der Waals surface area contributed by atoms with E-state index in [4.69, 9.17) is 9.84 Å². The van der Waals surface area contributed by atoms with Crippen molar-refractivity contribution >= 4 is 16.0 Å². The van der Waals surface area contributed by atoms with Crippen LogP contribution < -0.4 is 0 Å². The Morgan fingerprint density at radius 2 is 2.39 bits per heavy atom. The van der Waals surface area contributed by atoms with Crippen LogP contribution in [0, 0.1) is 0 Å². The van der Waals surface area contributed by atoms with Crippen molar-refractivity contribution in [3.8, 4) is 0 Å². The minimum absolute atomic E-state index is 0.0693. The molecule has 0 aliphatic carbocycles. The zero-order chi connectivity index (χ0) is 13.2. The fraction of sp³-hybridized carbons (Fsp3) is 0.500. The number of hydrogen-bond donors (Lipinski definition) is 2. The average Bonchev–Trinajstić information content (AvgIpc) is 2.82. The molecule has 2 heterocycles. The topological polar surface area (TPSA) is 99.7 Å². The predicted molar refractivity (Wildman–Crippen MR) is 61.5 cm³/mol. The largest absolute Gasteiger partial charge is 0.481 e. The van der Waals surface area contributed by atoms with Gasteiger partial charge in [0.25, 0.3) is 0 Å². The maximum absolute atomic E-state index is 12.2. The molecule has 0 radical (unpaired) electrons. The summed E-state index contributed by atoms with van der Waals surface area (Å²) in [6, 6.07) is 1.47. The third-order valence-corrected chi connectivity index (χ3v) is 4.57. The summed E-state index contributed by atoms with van der Waals surface area (Å²) < 4.78 is 30.9. The molecule has 1 fully saturated rings. The van der Waals surface area contributed by atoms with Crippen LogP contribution in [0.2, 0.25) is 0 Å². The third-order valence-electron chi connectivity index (χ3n) is 2.71. The van der Waals surface area contributed by atoms with Gasteiger partial charge >= 0.3 is 5.97 Å². The highest BCUT2D eigenvalue weighted by Crippen LogP contribution is 2.19. The number of rotatable bonds is 4. The second-order valence-electron chi connectivity index (χ2n) is 4.00. The van der Waals surface area contributed by atoms with Crippen LogP contribution in [-0.2, 0) is 19.6 Å². The van der Waals surface area contributed by atoms with Crippen molar-refractivity contribution in [1.29, 1.82) is 0 Å². The Morgan fingerprint density at radius 1 is 1.61 bits per heavy atom. The lowest BCUT2D eigenvalue weighted by Gasteiger charge is -2.31. The van der Waals surface area contributed by atoms with Gasteiger partial charge < -0.3 is 14.8 Å². The van der Waals surface area contributed by atoms with Crippen molar-refractivity contribution in [3.05, 3.63) is 18.5 Å². The molecule has 1 unspecified atom stereocenters. The Labute approximate surface area is 104 Å². The number of sulfonamides is 1. The highest BCUT2D eigenvalue weighted by Gasteiger charge is 2.31. The van der Waals surface area contributed by atoms with Gasteiger partial charge in [-0.2, -0.15) is 4.31 Å². The molecule has 0 saturated carbocycles. The van der Waals surface area contributed by atoms with E-state index in [0.717, 1.165) is 0 Å². The summed E-state index contributed by atoms with van der Waals surface area (Å²) in [7, 11) is -3.56. The molecular formula is C10H14N2O5S. The SMILES string of the molecule is O=C(O)CC1CN(S(=O)(=O)c2cc[nH]c2)CCO1. The van der Waals surface area contributed by atoms with Gasteiger partial charge in [0.1, 0.15) is 0 Å². The molecule has 1 atom stereocenters. The van der Waals surface area contributed by atoms with Crippen molar-refractivity contribution in [2.45, 2.75) is 17.4 Å². The Bertz CT molecular complexity index is 510. The van der Waals surface area contributed by atoms with Gasteiger partial charge in [-0.05, 0) is 6.07 Å². The van der Waals surface area contributed by atoms with Gasteiger partial charge in [-0.1, -0.05) is 0 Å². The van der Waals surface area contributed by atoms with Crippen LogP contribution in [0.1, 0.15) is 6.42 Å². The van der Waals surface area contributed by atoms with Gasteiger partial charge in [0.05, 0.1) is 24.0 Å². The fourth-order valence-corrected chi connectivity index (χ4v) is 3.28. The Balaban J connectivity index is 2.11. The maximum atomic E-state index is 12.2. The zero-order valence-corrected chi connectivity index (χ0v) is 10.4. The first kappa shape index (κ1) is 13.1. The standard InChI is InChI=1S/C10H14N2O5S/c13-10(14)5-8-7-12(3-4-17-8)18(15,16)9-1-2-11-6-9/h1-2,6,8,11H,3-5,7H2,(H,13,14). The summed E-state index contributed by atoms with van der Waals surface area (Å²) in [5.41, 5.74) is 0. The van der Waals surface area contributed by atoms with Gasteiger partial charge in [-0.15, -0.1) is 0 Å². The van der Waals surface area contributed by atoms with Crippen molar-refractivity contribution in [3.63, 3.8) is 0 Å². The monoisotopic (exact) mass is 274 g/mol. The van der Waals surface area contributed by atoms with Crippen LogP contribution in [0.4, 0.5) is 0 Å². The lowest BCUT2D eigenvalue weighted by atomic mass is 10.2. The molecule has 18 heavy (non-hydrogen) atoms. The highest BCUT2D eigenvalue weighted by molar-refractivity contribution is 7.89. The van der Waals surface area contributed by atoms with Crippen molar-refractivity contribution in [2.75, 3.05) is 19.7 Å². The number of H-pyrrole nitrogens is 1.